The summed E-state index contributed by atoms with van der Waals surface area (Å²) in [7, 11) is 2.54. The SMILES string of the molecule is COC(=O)/C=C/CC(C/C=C/C(=O)OC)OC(=O)Nc1ccccc1. The number of anilines is 1. The van der Waals surface area contributed by atoms with E-state index in [9.17, 15) is 14.4 Å². The van der Waals surface area contributed by atoms with Crippen molar-refractivity contribution in [2.75, 3.05) is 19.5 Å². The lowest BCUT2D eigenvalue weighted by molar-refractivity contribution is -0.135. The van der Waals surface area contributed by atoms with Crippen LogP contribution >= 0.6 is 0 Å². The minimum atomic E-state index is -0.630. The second-order valence-corrected chi connectivity index (χ2v) is 4.84. The van der Waals surface area contributed by atoms with Gasteiger partial charge in [0.25, 0.3) is 0 Å². The van der Waals surface area contributed by atoms with Gasteiger partial charge in [-0.3, -0.25) is 5.32 Å². The second kappa shape index (κ2) is 11.4. The highest BCUT2D eigenvalue weighted by Crippen LogP contribution is 2.11. The third-order valence-electron chi connectivity index (χ3n) is 3.00. The molecule has 0 radical (unpaired) electrons. The number of carbonyl (C=O) groups is 3. The van der Waals surface area contributed by atoms with Crippen LogP contribution < -0.4 is 5.32 Å². The second-order valence-electron chi connectivity index (χ2n) is 4.84. The molecule has 134 valence electrons. The summed E-state index contributed by atoms with van der Waals surface area (Å²) in [6, 6.07) is 8.85. The lowest BCUT2D eigenvalue weighted by atomic mass is 10.1. The number of hydrogen-bond acceptors (Lipinski definition) is 6. The van der Waals surface area contributed by atoms with E-state index in [2.05, 4.69) is 14.8 Å². The lowest BCUT2D eigenvalue weighted by Gasteiger charge is -2.15. The van der Waals surface area contributed by atoms with Crippen molar-refractivity contribution >= 4 is 23.7 Å². The number of ether oxygens (including phenoxy) is 3. The Morgan fingerprint density at radius 3 is 1.96 bits per heavy atom. The van der Waals surface area contributed by atoms with Crippen molar-refractivity contribution in [3.05, 3.63) is 54.6 Å². The Hall–Kier alpha value is -3.09. The number of amides is 1. The molecule has 0 heterocycles. The maximum atomic E-state index is 12.0. The smallest absolute Gasteiger partial charge is 0.411 e. The van der Waals surface area contributed by atoms with Crippen molar-refractivity contribution in [1.29, 1.82) is 0 Å². The van der Waals surface area contributed by atoms with Gasteiger partial charge in [-0.15, -0.1) is 0 Å². The van der Waals surface area contributed by atoms with Crippen LogP contribution in [0.25, 0.3) is 0 Å². The van der Waals surface area contributed by atoms with Gasteiger partial charge in [0.2, 0.25) is 0 Å². The molecule has 0 aliphatic heterocycles. The summed E-state index contributed by atoms with van der Waals surface area (Å²) in [6.07, 6.45) is 4.94. The molecule has 0 atom stereocenters. The van der Waals surface area contributed by atoms with Crippen LogP contribution in [-0.2, 0) is 23.8 Å². The Morgan fingerprint density at radius 2 is 1.48 bits per heavy atom. The first kappa shape index (κ1) is 20.0. The molecule has 0 aromatic heterocycles. The maximum absolute atomic E-state index is 12.0. The van der Waals surface area contributed by atoms with Crippen LogP contribution in [0.5, 0.6) is 0 Å². The number of carbonyl (C=O) groups excluding carboxylic acids is 3. The number of para-hydroxylation sites is 1. The van der Waals surface area contributed by atoms with E-state index in [0.29, 0.717) is 5.69 Å². The van der Waals surface area contributed by atoms with Gasteiger partial charge in [0.1, 0.15) is 6.10 Å². The Labute approximate surface area is 146 Å². The zero-order valence-corrected chi connectivity index (χ0v) is 14.1. The summed E-state index contributed by atoms with van der Waals surface area (Å²) in [5.41, 5.74) is 0.599. The van der Waals surface area contributed by atoms with Crippen LogP contribution in [-0.4, -0.2) is 38.4 Å². The van der Waals surface area contributed by atoms with Crippen LogP contribution in [0, 0.1) is 0 Å². The van der Waals surface area contributed by atoms with Gasteiger partial charge < -0.3 is 14.2 Å². The number of esters is 2. The first-order valence-electron chi connectivity index (χ1n) is 7.56. The Kier molecular flexibility index (Phi) is 9.14. The van der Waals surface area contributed by atoms with E-state index in [0.717, 1.165) is 0 Å². The standard InChI is InChI=1S/C18H21NO6/c1-23-16(20)12-6-10-15(11-7-13-17(21)24-2)25-18(22)19-14-8-4-3-5-9-14/h3-9,12-13,15H,10-11H2,1-2H3,(H,19,22)/b12-6+,13-7+. The van der Waals surface area contributed by atoms with E-state index in [-0.39, 0.29) is 12.8 Å². The Balaban J connectivity index is 2.63. The van der Waals surface area contributed by atoms with Gasteiger partial charge in [-0.25, -0.2) is 14.4 Å². The number of benzene rings is 1. The van der Waals surface area contributed by atoms with Crippen molar-refractivity contribution in [2.24, 2.45) is 0 Å². The minimum Gasteiger partial charge on any atom is -0.466 e. The third-order valence-corrected chi connectivity index (χ3v) is 3.00. The van der Waals surface area contributed by atoms with E-state index in [1.165, 1.54) is 38.5 Å². The van der Waals surface area contributed by atoms with E-state index < -0.39 is 24.1 Å². The zero-order valence-electron chi connectivity index (χ0n) is 14.1. The molecule has 1 aromatic carbocycles. The summed E-state index contributed by atoms with van der Waals surface area (Å²) in [6.45, 7) is 0. The van der Waals surface area contributed by atoms with E-state index in [4.69, 9.17) is 4.74 Å². The van der Waals surface area contributed by atoms with Crippen molar-refractivity contribution in [3.63, 3.8) is 0 Å². The largest absolute Gasteiger partial charge is 0.466 e. The van der Waals surface area contributed by atoms with Gasteiger partial charge in [0.15, 0.2) is 0 Å². The first-order chi connectivity index (χ1) is 12.0. The van der Waals surface area contributed by atoms with Crippen molar-refractivity contribution in [3.8, 4) is 0 Å². The third kappa shape index (κ3) is 8.95. The van der Waals surface area contributed by atoms with Crippen molar-refractivity contribution in [1.82, 2.24) is 0 Å². The Morgan fingerprint density at radius 1 is 0.960 bits per heavy atom. The van der Waals surface area contributed by atoms with Crippen LogP contribution in [0.15, 0.2) is 54.6 Å². The van der Waals surface area contributed by atoms with Crippen LogP contribution in [0.1, 0.15) is 12.8 Å². The van der Waals surface area contributed by atoms with E-state index in [1.807, 2.05) is 6.07 Å². The summed E-state index contributed by atoms with van der Waals surface area (Å²) in [4.78, 5) is 34.2. The normalized spacial score (nSPS) is 10.8. The Bertz CT molecular complexity index is 596. The molecule has 1 rings (SSSR count). The van der Waals surface area contributed by atoms with E-state index in [1.54, 1.807) is 24.3 Å². The van der Waals surface area contributed by atoms with E-state index >= 15 is 0 Å². The average molecular weight is 347 g/mol. The predicted molar refractivity (Wildman–Crippen MR) is 91.9 cm³/mol. The summed E-state index contributed by atoms with van der Waals surface area (Å²) in [5.74, 6) is -1.00. The van der Waals surface area contributed by atoms with Crippen LogP contribution in [0.4, 0.5) is 10.5 Å². The highest BCUT2D eigenvalue weighted by atomic mass is 16.6. The molecule has 7 heteroatoms. The molecular formula is C18H21NO6. The van der Waals surface area contributed by atoms with Crippen molar-refractivity contribution < 1.29 is 28.6 Å². The number of nitrogens with one attached hydrogen (secondary N) is 1. The van der Waals surface area contributed by atoms with Gasteiger partial charge in [0.05, 0.1) is 14.2 Å². The molecule has 0 saturated carbocycles. The van der Waals surface area contributed by atoms with Gasteiger partial charge in [-0.2, -0.15) is 0 Å². The minimum absolute atomic E-state index is 0.281. The number of rotatable bonds is 8. The molecule has 0 fully saturated rings. The maximum Gasteiger partial charge on any atom is 0.411 e. The average Bonchev–Trinajstić information content (AvgIpc) is 2.61. The zero-order chi connectivity index (χ0) is 18.5. The highest BCUT2D eigenvalue weighted by Gasteiger charge is 2.12. The number of methoxy groups -OCH3 is 2. The quantitative estimate of drug-likeness (QED) is 0.442. The molecule has 0 unspecified atom stereocenters. The summed E-state index contributed by atoms with van der Waals surface area (Å²) >= 11 is 0. The molecule has 0 aliphatic rings. The first-order valence-corrected chi connectivity index (χ1v) is 7.56. The fourth-order valence-corrected chi connectivity index (χ4v) is 1.78. The van der Waals surface area contributed by atoms with Crippen molar-refractivity contribution in [2.45, 2.75) is 18.9 Å². The molecule has 1 amide bonds. The predicted octanol–water partition coefficient (Wildman–Crippen LogP) is 2.84. The molecule has 25 heavy (non-hydrogen) atoms. The molecule has 0 aliphatic carbocycles. The molecule has 0 bridgehead atoms. The fourth-order valence-electron chi connectivity index (χ4n) is 1.78. The molecule has 0 spiro atoms. The van der Waals surface area contributed by atoms with Gasteiger partial charge in [-0.05, 0) is 12.1 Å². The lowest BCUT2D eigenvalue weighted by Crippen LogP contribution is -2.22. The monoisotopic (exact) mass is 347 g/mol. The summed E-state index contributed by atoms with van der Waals surface area (Å²) < 4.78 is 14.3. The molecule has 1 N–H and O–H groups in total. The molecular weight excluding hydrogens is 326 g/mol. The van der Waals surface area contributed by atoms with Gasteiger partial charge >= 0.3 is 18.0 Å². The summed E-state index contributed by atoms with van der Waals surface area (Å²) in [5, 5.41) is 2.60. The van der Waals surface area contributed by atoms with Crippen LogP contribution in [0.3, 0.4) is 0 Å². The topological polar surface area (TPSA) is 90.9 Å². The fraction of sp³-hybridized carbons (Fsp3) is 0.278. The van der Waals surface area contributed by atoms with Gasteiger partial charge in [0, 0.05) is 30.7 Å². The highest BCUT2D eigenvalue weighted by molar-refractivity contribution is 5.84. The molecule has 7 nitrogen and oxygen atoms in total. The molecule has 1 aromatic rings. The van der Waals surface area contributed by atoms with Gasteiger partial charge in [-0.1, -0.05) is 30.4 Å². The van der Waals surface area contributed by atoms with Crippen LogP contribution in [0.2, 0.25) is 0 Å². The molecule has 0 saturated heterocycles. The number of hydrogen-bond donors (Lipinski definition) is 1.